The Morgan fingerprint density at radius 1 is 0.389 bits per heavy atom. The Balaban J connectivity index is 1.62. The highest BCUT2D eigenvalue weighted by Gasteiger charge is 2.04. The van der Waals surface area contributed by atoms with Crippen molar-refractivity contribution in [3.05, 3.63) is 161 Å². The molecule has 0 aliphatic rings. The SMILES string of the molecule is O=C(/C=C/c1cc(/C=C/C(=O)c2ccccc2)cc(/C=C/C(=O)c2ccccc2)c1)c1ccccc1. The standard InChI is InChI=1S/C33H24O3/c34-31(28-10-4-1-5-11-28)19-16-25-22-26(17-20-32(35)29-12-6-2-7-13-29)24-27(23-25)18-21-33(36)30-14-8-3-9-15-30/h1-24H/b19-16+,20-17+,21-18+. The van der Waals surface area contributed by atoms with Crippen LogP contribution in [0.3, 0.4) is 0 Å². The van der Waals surface area contributed by atoms with Crippen molar-refractivity contribution in [1.29, 1.82) is 0 Å². The summed E-state index contributed by atoms with van der Waals surface area (Å²) in [6.07, 6.45) is 9.79. The molecule has 0 spiro atoms. The lowest BCUT2D eigenvalue weighted by Crippen LogP contribution is -1.94. The van der Waals surface area contributed by atoms with Crippen LogP contribution in [-0.4, -0.2) is 17.3 Å². The average Bonchev–Trinajstić information content (AvgIpc) is 2.94. The van der Waals surface area contributed by atoms with Crippen LogP contribution in [0.15, 0.2) is 127 Å². The van der Waals surface area contributed by atoms with Crippen LogP contribution >= 0.6 is 0 Å². The molecule has 0 unspecified atom stereocenters. The van der Waals surface area contributed by atoms with Gasteiger partial charge in [-0.05, 0) is 53.1 Å². The Hall–Kier alpha value is -4.89. The summed E-state index contributed by atoms with van der Waals surface area (Å²) in [4.78, 5) is 37.6. The molecule has 0 radical (unpaired) electrons. The third-order valence-electron chi connectivity index (χ3n) is 5.46. The molecule has 0 aliphatic heterocycles. The van der Waals surface area contributed by atoms with E-state index in [-0.39, 0.29) is 17.3 Å². The molecular weight excluding hydrogens is 444 g/mol. The zero-order valence-electron chi connectivity index (χ0n) is 19.6. The van der Waals surface area contributed by atoms with Crippen molar-refractivity contribution in [2.75, 3.05) is 0 Å². The Bertz CT molecular complexity index is 1250. The quantitative estimate of drug-likeness (QED) is 0.190. The lowest BCUT2D eigenvalue weighted by atomic mass is 10.0. The van der Waals surface area contributed by atoms with E-state index < -0.39 is 0 Å². The minimum atomic E-state index is -0.104. The summed E-state index contributed by atoms with van der Waals surface area (Å²) in [6.45, 7) is 0. The van der Waals surface area contributed by atoms with E-state index in [1.165, 1.54) is 18.2 Å². The molecule has 4 rings (SSSR count). The summed E-state index contributed by atoms with van der Waals surface area (Å²) in [5.74, 6) is -0.313. The first-order chi connectivity index (χ1) is 17.6. The Kier molecular flexibility index (Phi) is 8.08. The Morgan fingerprint density at radius 2 is 0.639 bits per heavy atom. The van der Waals surface area contributed by atoms with E-state index in [1.54, 1.807) is 54.6 Å². The maximum Gasteiger partial charge on any atom is 0.185 e. The molecule has 0 saturated carbocycles. The summed E-state index contributed by atoms with van der Waals surface area (Å²) < 4.78 is 0. The molecule has 0 saturated heterocycles. The molecule has 0 aromatic heterocycles. The van der Waals surface area contributed by atoms with Crippen LogP contribution in [-0.2, 0) is 0 Å². The van der Waals surface area contributed by atoms with Crippen LogP contribution in [0, 0.1) is 0 Å². The predicted molar refractivity (Wildman–Crippen MR) is 146 cm³/mol. The molecule has 3 heteroatoms. The van der Waals surface area contributed by atoms with E-state index in [1.807, 2.05) is 72.8 Å². The van der Waals surface area contributed by atoms with Gasteiger partial charge in [-0.2, -0.15) is 0 Å². The number of benzene rings is 4. The van der Waals surface area contributed by atoms with Gasteiger partial charge in [-0.3, -0.25) is 14.4 Å². The summed E-state index contributed by atoms with van der Waals surface area (Å²) in [5, 5.41) is 0. The van der Waals surface area contributed by atoms with Crippen LogP contribution in [0.2, 0.25) is 0 Å². The highest BCUT2D eigenvalue weighted by molar-refractivity contribution is 6.08. The minimum Gasteiger partial charge on any atom is -0.289 e. The second-order valence-electron chi connectivity index (χ2n) is 8.12. The number of allylic oxidation sites excluding steroid dienone is 3. The van der Waals surface area contributed by atoms with Gasteiger partial charge in [0, 0.05) is 16.7 Å². The predicted octanol–water partition coefficient (Wildman–Crippen LogP) is 7.37. The van der Waals surface area contributed by atoms with Crippen LogP contribution in [0.25, 0.3) is 18.2 Å². The van der Waals surface area contributed by atoms with Crippen LogP contribution in [0.4, 0.5) is 0 Å². The molecule has 3 nitrogen and oxygen atoms in total. The van der Waals surface area contributed by atoms with Crippen molar-refractivity contribution in [1.82, 2.24) is 0 Å². The Labute approximate surface area is 210 Å². The van der Waals surface area contributed by atoms with Gasteiger partial charge >= 0.3 is 0 Å². The molecule has 0 bridgehead atoms. The summed E-state index contributed by atoms with van der Waals surface area (Å²) in [7, 11) is 0. The zero-order valence-corrected chi connectivity index (χ0v) is 19.6. The second kappa shape index (κ2) is 12.0. The van der Waals surface area contributed by atoms with Crippen molar-refractivity contribution in [2.24, 2.45) is 0 Å². The molecular formula is C33H24O3. The van der Waals surface area contributed by atoms with E-state index in [0.717, 1.165) is 16.7 Å². The van der Waals surface area contributed by atoms with Crippen molar-refractivity contribution in [3.63, 3.8) is 0 Å². The third-order valence-corrected chi connectivity index (χ3v) is 5.46. The molecule has 174 valence electrons. The van der Waals surface area contributed by atoms with Gasteiger partial charge in [-0.1, -0.05) is 109 Å². The van der Waals surface area contributed by atoms with Gasteiger partial charge in [0.2, 0.25) is 0 Å². The second-order valence-corrected chi connectivity index (χ2v) is 8.12. The average molecular weight is 469 g/mol. The Morgan fingerprint density at radius 3 is 0.889 bits per heavy atom. The summed E-state index contributed by atoms with van der Waals surface area (Å²) in [5.41, 5.74) is 4.15. The van der Waals surface area contributed by atoms with Crippen molar-refractivity contribution in [2.45, 2.75) is 0 Å². The van der Waals surface area contributed by atoms with Crippen LogP contribution in [0.5, 0.6) is 0 Å². The largest absolute Gasteiger partial charge is 0.289 e. The van der Waals surface area contributed by atoms with E-state index >= 15 is 0 Å². The van der Waals surface area contributed by atoms with E-state index in [9.17, 15) is 14.4 Å². The van der Waals surface area contributed by atoms with Crippen molar-refractivity contribution >= 4 is 35.6 Å². The molecule has 4 aromatic carbocycles. The first-order valence-corrected chi connectivity index (χ1v) is 11.6. The number of hydrogen-bond donors (Lipinski definition) is 0. The summed E-state index contributed by atoms with van der Waals surface area (Å²) in [6, 6.07) is 32.8. The van der Waals surface area contributed by atoms with E-state index in [4.69, 9.17) is 0 Å². The number of hydrogen-bond acceptors (Lipinski definition) is 3. The first kappa shape index (κ1) is 24.2. The summed E-state index contributed by atoms with van der Waals surface area (Å²) >= 11 is 0. The molecule has 4 aromatic rings. The van der Waals surface area contributed by atoms with Gasteiger partial charge < -0.3 is 0 Å². The molecule has 0 fully saturated rings. The topological polar surface area (TPSA) is 51.2 Å². The van der Waals surface area contributed by atoms with Crippen molar-refractivity contribution < 1.29 is 14.4 Å². The van der Waals surface area contributed by atoms with Gasteiger partial charge in [-0.15, -0.1) is 0 Å². The van der Waals surface area contributed by atoms with Gasteiger partial charge in [0.15, 0.2) is 17.3 Å². The lowest BCUT2D eigenvalue weighted by Gasteiger charge is -2.03. The molecule has 0 heterocycles. The number of carbonyl (C=O) groups excluding carboxylic acids is 3. The van der Waals surface area contributed by atoms with Gasteiger partial charge in [0.05, 0.1) is 0 Å². The van der Waals surface area contributed by atoms with Gasteiger partial charge in [0.25, 0.3) is 0 Å². The van der Waals surface area contributed by atoms with Gasteiger partial charge in [-0.25, -0.2) is 0 Å². The monoisotopic (exact) mass is 468 g/mol. The van der Waals surface area contributed by atoms with Gasteiger partial charge in [0.1, 0.15) is 0 Å². The normalized spacial score (nSPS) is 11.3. The first-order valence-electron chi connectivity index (χ1n) is 11.6. The van der Waals surface area contributed by atoms with Crippen molar-refractivity contribution in [3.8, 4) is 0 Å². The smallest absolute Gasteiger partial charge is 0.185 e. The number of carbonyl (C=O) groups is 3. The number of ketones is 3. The maximum atomic E-state index is 12.5. The fraction of sp³-hybridized carbons (Fsp3) is 0. The minimum absolute atomic E-state index is 0.104. The van der Waals surface area contributed by atoms with Crippen LogP contribution in [0.1, 0.15) is 47.8 Å². The lowest BCUT2D eigenvalue weighted by molar-refractivity contribution is 0.103. The molecule has 0 atom stereocenters. The zero-order chi connectivity index (χ0) is 25.2. The highest BCUT2D eigenvalue weighted by Crippen LogP contribution is 2.17. The number of rotatable bonds is 9. The maximum absolute atomic E-state index is 12.5. The van der Waals surface area contributed by atoms with E-state index in [2.05, 4.69) is 0 Å². The third kappa shape index (κ3) is 6.81. The highest BCUT2D eigenvalue weighted by atomic mass is 16.1. The fourth-order valence-corrected chi connectivity index (χ4v) is 3.60. The van der Waals surface area contributed by atoms with E-state index in [0.29, 0.717) is 16.7 Å². The fourth-order valence-electron chi connectivity index (χ4n) is 3.60. The molecule has 0 aliphatic carbocycles. The molecule has 0 N–H and O–H groups in total. The van der Waals surface area contributed by atoms with Crippen LogP contribution < -0.4 is 0 Å². The molecule has 0 amide bonds. The molecule has 36 heavy (non-hydrogen) atoms.